The number of nitrogens with zero attached hydrogens (tertiary/aromatic N) is 6. The number of nitrogens with one attached hydrogen (secondary N) is 1. The van der Waals surface area contributed by atoms with Gasteiger partial charge in [-0.25, -0.2) is 24.0 Å². The lowest BCUT2D eigenvalue weighted by molar-refractivity contribution is 0.0649. The monoisotopic (exact) mass is 381 g/mol. The summed E-state index contributed by atoms with van der Waals surface area (Å²) in [5.41, 5.74) is 1.97. The van der Waals surface area contributed by atoms with Crippen LogP contribution in [0.15, 0.2) is 28.9 Å². The zero-order chi connectivity index (χ0) is 19.4. The summed E-state index contributed by atoms with van der Waals surface area (Å²) in [5.74, 6) is 0.105. The summed E-state index contributed by atoms with van der Waals surface area (Å²) >= 11 is 0. The maximum absolute atomic E-state index is 14.1. The average Bonchev–Trinajstić information content (AvgIpc) is 3.38. The molecule has 0 saturated carbocycles. The highest BCUT2D eigenvalue weighted by Gasteiger charge is 2.39. The highest BCUT2D eigenvalue weighted by molar-refractivity contribution is 5.91. The van der Waals surface area contributed by atoms with E-state index in [0.29, 0.717) is 30.0 Å². The molecular formula is C18H16FN7O2. The molecule has 0 spiro atoms. The number of carbonyl (C=O) groups is 1. The van der Waals surface area contributed by atoms with E-state index < -0.39 is 11.9 Å². The van der Waals surface area contributed by atoms with Gasteiger partial charge < -0.3 is 14.3 Å². The van der Waals surface area contributed by atoms with E-state index in [1.54, 1.807) is 37.3 Å². The van der Waals surface area contributed by atoms with Crippen molar-refractivity contribution >= 4 is 17.0 Å². The predicted octanol–water partition coefficient (Wildman–Crippen LogP) is 1.91. The normalized spacial score (nSPS) is 16.5. The average molecular weight is 381 g/mol. The number of hydrogen-bond acceptors (Lipinski definition) is 6. The summed E-state index contributed by atoms with van der Waals surface area (Å²) in [6.07, 6.45) is 2.17. The summed E-state index contributed by atoms with van der Waals surface area (Å²) in [4.78, 5) is 31.0. The molecule has 1 atom stereocenters. The molecule has 4 aromatic rings. The molecule has 0 unspecified atom stereocenters. The van der Waals surface area contributed by atoms with Crippen molar-refractivity contribution in [2.75, 3.05) is 6.54 Å². The van der Waals surface area contributed by atoms with Crippen molar-refractivity contribution < 1.29 is 13.6 Å². The molecule has 1 aliphatic rings. The number of imidazole rings is 1. The predicted molar refractivity (Wildman–Crippen MR) is 94.9 cm³/mol. The van der Waals surface area contributed by atoms with E-state index in [1.165, 1.54) is 10.7 Å². The van der Waals surface area contributed by atoms with Crippen molar-refractivity contribution in [2.45, 2.75) is 19.4 Å². The number of hydrogen-bond donors (Lipinski definition) is 1. The molecular weight excluding hydrogens is 365 g/mol. The molecule has 1 N–H and O–H groups in total. The first-order valence-electron chi connectivity index (χ1n) is 8.78. The molecule has 5 rings (SSSR count). The van der Waals surface area contributed by atoms with Crippen LogP contribution in [-0.4, -0.2) is 47.1 Å². The van der Waals surface area contributed by atoms with Gasteiger partial charge >= 0.3 is 0 Å². The molecule has 0 fully saturated rings. The fourth-order valence-corrected chi connectivity index (χ4v) is 3.62. The number of amides is 1. The van der Waals surface area contributed by atoms with Crippen molar-refractivity contribution in [3.63, 3.8) is 0 Å². The minimum atomic E-state index is -0.689. The Kier molecular flexibility index (Phi) is 3.54. The lowest BCUT2D eigenvalue weighted by atomic mass is 10.0. The molecule has 1 aromatic carbocycles. The van der Waals surface area contributed by atoms with Crippen molar-refractivity contribution in [2.24, 2.45) is 7.05 Å². The lowest BCUT2D eigenvalue weighted by Gasteiger charge is -2.32. The maximum atomic E-state index is 14.1. The Morgan fingerprint density at radius 1 is 1.36 bits per heavy atom. The molecule has 0 saturated heterocycles. The van der Waals surface area contributed by atoms with Crippen LogP contribution in [0.4, 0.5) is 4.39 Å². The van der Waals surface area contributed by atoms with Crippen molar-refractivity contribution in [3.8, 4) is 0 Å². The van der Waals surface area contributed by atoms with Gasteiger partial charge in [0, 0.05) is 25.7 Å². The number of carbonyl (C=O) groups excluding carboxylic acids is 1. The molecule has 1 amide bonds. The molecule has 4 heterocycles. The number of fused-ring (bicyclic) bond motifs is 2. The summed E-state index contributed by atoms with van der Waals surface area (Å²) in [6.45, 7) is 2.13. The van der Waals surface area contributed by atoms with Crippen molar-refractivity contribution in [3.05, 3.63) is 59.3 Å². The molecule has 1 aliphatic heterocycles. The second-order valence-electron chi connectivity index (χ2n) is 6.66. The highest BCUT2D eigenvalue weighted by atomic mass is 19.1. The number of para-hydroxylation sites is 1. The van der Waals surface area contributed by atoms with E-state index >= 15 is 0 Å². The Bertz CT molecular complexity index is 1210. The second-order valence-corrected chi connectivity index (χ2v) is 6.66. The van der Waals surface area contributed by atoms with Gasteiger partial charge in [-0.15, -0.1) is 0 Å². The third-order valence-corrected chi connectivity index (χ3v) is 4.86. The van der Waals surface area contributed by atoms with Crippen LogP contribution >= 0.6 is 0 Å². The molecule has 28 heavy (non-hydrogen) atoms. The lowest BCUT2D eigenvalue weighted by Crippen LogP contribution is -2.42. The van der Waals surface area contributed by atoms with E-state index in [4.69, 9.17) is 4.42 Å². The quantitative estimate of drug-likeness (QED) is 0.569. The molecule has 0 radical (unpaired) electrons. The number of halogens is 1. The van der Waals surface area contributed by atoms with Crippen LogP contribution in [0.2, 0.25) is 0 Å². The second kappa shape index (κ2) is 5.98. The minimum absolute atomic E-state index is 0.0575. The fraction of sp³-hybridized carbons (Fsp3) is 0.278. The van der Waals surface area contributed by atoms with Crippen LogP contribution in [0.3, 0.4) is 0 Å². The van der Waals surface area contributed by atoms with Crippen LogP contribution < -0.4 is 0 Å². The van der Waals surface area contributed by atoms with Gasteiger partial charge in [-0.3, -0.25) is 4.79 Å². The van der Waals surface area contributed by atoms with Crippen molar-refractivity contribution in [1.82, 2.24) is 34.6 Å². The maximum Gasteiger partial charge on any atom is 0.292 e. The van der Waals surface area contributed by atoms with E-state index in [2.05, 4.69) is 25.0 Å². The van der Waals surface area contributed by atoms with Crippen LogP contribution in [0.1, 0.15) is 39.8 Å². The molecule has 10 heteroatoms. The van der Waals surface area contributed by atoms with Gasteiger partial charge in [0.2, 0.25) is 11.7 Å². The minimum Gasteiger partial charge on any atom is -0.435 e. The molecule has 3 aromatic heterocycles. The smallest absolute Gasteiger partial charge is 0.292 e. The first kappa shape index (κ1) is 16.6. The Balaban J connectivity index is 1.65. The van der Waals surface area contributed by atoms with Crippen LogP contribution in [0, 0.1) is 12.7 Å². The third-order valence-electron chi connectivity index (χ3n) is 4.86. The number of rotatable bonds is 2. The van der Waals surface area contributed by atoms with Gasteiger partial charge in [0.15, 0.2) is 17.4 Å². The van der Waals surface area contributed by atoms with Gasteiger partial charge in [0.25, 0.3) is 5.91 Å². The first-order chi connectivity index (χ1) is 13.5. The van der Waals surface area contributed by atoms with E-state index in [0.717, 1.165) is 5.69 Å². The highest BCUT2D eigenvalue weighted by Crippen LogP contribution is 2.35. The van der Waals surface area contributed by atoms with E-state index in [-0.39, 0.29) is 23.2 Å². The SMILES string of the molecule is Cc1nc(C(=O)N2CCc3[nH]cnc3[C@H]2c2nc3cccc(F)c3o2)n(C)n1. The largest absolute Gasteiger partial charge is 0.435 e. The Hall–Kier alpha value is -3.56. The van der Waals surface area contributed by atoms with Crippen molar-refractivity contribution in [1.29, 1.82) is 0 Å². The standard InChI is InChI=1S/C18H16FN7O2/c1-9-22-16(25(2)24-9)18(27)26-7-6-11-13(21-8-20-11)14(26)17-23-12-5-3-4-10(19)15(12)28-17/h3-5,8,14H,6-7H2,1-2H3,(H,20,21)/t14-/m0/s1. The number of benzene rings is 1. The zero-order valence-corrected chi connectivity index (χ0v) is 15.2. The molecule has 142 valence electrons. The third kappa shape index (κ3) is 2.41. The first-order valence-corrected chi connectivity index (χ1v) is 8.78. The Morgan fingerprint density at radius 2 is 2.21 bits per heavy atom. The Labute approximate surface area is 158 Å². The number of H-pyrrole nitrogens is 1. The summed E-state index contributed by atoms with van der Waals surface area (Å²) in [7, 11) is 1.67. The Morgan fingerprint density at radius 3 is 2.96 bits per heavy atom. The van der Waals surface area contributed by atoms with Gasteiger partial charge in [0.05, 0.1) is 12.0 Å². The van der Waals surface area contributed by atoms with Gasteiger partial charge in [-0.2, -0.15) is 5.10 Å². The number of oxazole rings is 1. The van der Waals surface area contributed by atoms with E-state index in [1.807, 2.05) is 0 Å². The van der Waals surface area contributed by atoms with E-state index in [9.17, 15) is 9.18 Å². The molecule has 0 aliphatic carbocycles. The molecule has 9 nitrogen and oxygen atoms in total. The fourth-order valence-electron chi connectivity index (χ4n) is 3.62. The van der Waals surface area contributed by atoms with Crippen LogP contribution in [0.5, 0.6) is 0 Å². The summed E-state index contributed by atoms with van der Waals surface area (Å²) < 4.78 is 21.3. The van der Waals surface area contributed by atoms with Gasteiger partial charge in [0.1, 0.15) is 11.3 Å². The van der Waals surface area contributed by atoms with Gasteiger partial charge in [-0.05, 0) is 19.1 Å². The number of aryl methyl sites for hydroxylation is 2. The topological polar surface area (TPSA) is 106 Å². The molecule has 0 bridgehead atoms. The zero-order valence-electron chi connectivity index (χ0n) is 15.2. The summed E-state index contributed by atoms with van der Waals surface area (Å²) in [5, 5.41) is 4.15. The summed E-state index contributed by atoms with van der Waals surface area (Å²) in [6, 6.07) is 3.85. The van der Waals surface area contributed by atoms with Gasteiger partial charge in [-0.1, -0.05) is 6.07 Å². The number of aromatic nitrogens is 6. The van der Waals surface area contributed by atoms with Crippen LogP contribution in [0.25, 0.3) is 11.1 Å². The number of aromatic amines is 1. The van der Waals surface area contributed by atoms with Crippen LogP contribution in [-0.2, 0) is 13.5 Å².